The molecule has 0 saturated carbocycles. The predicted octanol–water partition coefficient (Wildman–Crippen LogP) is 6.23. The normalized spacial score (nSPS) is 11.3. The second-order valence-electron chi connectivity index (χ2n) is 8.31. The summed E-state index contributed by atoms with van der Waals surface area (Å²) in [6, 6.07) is 38.1. The molecule has 0 aliphatic heterocycles. The van der Waals surface area contributed by atoms with Gasteiger partial charge in [0.1, 0.15) is 0 Å². The Morgan fingerprint density at radius 1 is 0.757 bits per heavy atom. The average Bonchev–Trinajstić information content (AvgIpc) is 3.40. The maximum Gasteiger partial charge on any atom is 0.250 e. The standard InChI is InChI=1S/C30H25N5OS/c1-22(23-17-19-25(20-18-23)24-11-5-2-6-12-24)31-32-28(36)21-37-30-34-33-29(26-13-7-3-8-14-26)35(30)27-15-9-4-10-16-27/h2-20H,21H2,1H3,(H,32,36)/b31-22+. The van der Waals surface area contributed by atoms with Crippen molar-refractivity contribution < 1.29 is 4.79 Å². The molecule has 0 saturated heterocycles. The summed E-state index contributed by atoms with van der Waals surface area (Å²) in [6.07, 6.45) is 0. The Morgan fingerprint density at radius 3 is 1.97 bits per heavy atom. The molecule has 0 aliphatic rings. The van der Waals surface area contributed by atoms with Gasteiger partial charge in [-0.2, -0.15) is 5.10 Å². The van der Waals surface area contributed by atoms with Crippen molar-refractivity contribution in [3.05, 3.63) is 121 Å². The summed E-state index contributed by atoms with van der Waals surface area (Å²) in [5.74, 6) is 0.667. The lowest BCUT2D eigenvalue weighted by Gasteiger charge is -2.10. The molecule has 0 atom stereocenters. The molecule has 0 radical (unpaired) electrons. The van der Waals surface area contributed by atoms with Crippen LogP contribution in [0.15, 0.2) is 126 Å². The number of hydrazone groups is 1. The minimum Gasteiger partial charge on any atom is -0.272 e. The monoisotopic (exact) mass is 503 g/mol. The number of carbonyl (C=O) groups is 1. The van der Waals surface area contributed by atoms with E-state index in [1.165, 1.54) is 11.8 Å². The summed E-state index contributed by atoms with van der Waals surface area (Å²) in [6.45, 7) is 1.88. The van der Waals surface area contributed by atoms with E-state index in [0.29, 0.717) is 5.16 Å². The third-order valence-corrected chi connectivity index (χ3v) is 6.70. The molecule has 4 aromatic carbocycles. The van der Waals surface area contributed by atoms with E-state index in [-0.39, 0.29) is 11.7 Å². The van der Waals surface area contributed by atoms with Gasteiger partial charge in [-0.3, -0.25) is 9.36 Å². The highest BCUT2D eigenvalue weighted by Crippen LogP contribution is 2.27. The first-order chi connectivity index (χ1) is 18.2. The number of rotatable bonds is 8. The van der Waals surface area contributed by atoms with Crippen molar-refractivity contribution in [3.63, 3.8) is 0 Å². The molecule has 37 heavy (non-hydrogen) atoms. The van der Waals surface area contributed by atoms with E-state index in [1.807, 2.05) is 102 Å². The maximum absolute atomic E-state index is 12.6. The third kappa shape index (κ3) is 5.85. The summed E-state index contributed by atoms with van der Waals surface area (Å²) in [5, 5.41) is 13.7. The number of para-hydroxylation sites is 1. The minimum atomic E-state index is -0.214. The van der Waals surface area contributed by atoms with E-state index in [4.69, 9.17) is 0 Å². The zero-order chi connectivity index (χ0) is 25.5. The largest absolute Gasteiger partial charge is 0.272 e. The van der Waals surface area contributed by atoms with Crippen molar-refractivity contribution in [1.82, 2.24) is 20.2 Å². The van der Waals surface area contributed by atoms with Crippen LogP contribution in [0, 0.1) is 0 Å². The molecule has 1 N–H and O–H groups in total. The number of amides is 1. The molecule has 1 amide bonds. The van der Waals surface area contributed by atoms with Crippen LogP contribution in [0.4, 0.5) is 0 Å². The fourth-order valence-corrected chi connectivity index (χ4v) is 4.60. The van der Waals surface area contributed by atoms with E-state index in [2.05, 4.69) is 45.0 Å². The van der Waals surface area contributed by atoms with Crippen LogP contribution in [0.3, 0.4) is 0 Å². The van der Waals surface area contributed by atoms with Gasteiger partial charge in [0.15, 0.2) is 11.0 Å². The number of benzene rings is 4. The molecule has 1 heterocycles. The average molecular weight is 504 g/mol. The van der Waals surface area contributed by atoms with Gasteiger partial charge in [0.05, 0.1) is 11.5 Å². The topological polar surface area (TPSA) is 72.2 Å². The molecule has 5 rings (SSSR count). The molecule has 7 heteroatoms. The molecule has 5 aromatic rings. The van der Waals surface area contributed by atoms with Gasteiger partial charge in [0.2, 0.25) is 0 Å². The Kier molecular flexibility index (Phi) is 7.52. The number of aromatic nitrogens is 3. The highest BCUT2D eigenvalue weighted by atomic mass is 32.2. The lowest BCUT2D eigenvalue weighted by atomic mass is 10.0. The van der Waals surface area contributed by atoms with Crippen molar-refractivity contribution in [2.45, 2.75) is 12.1 Å². The van der Waals surface area contributed by atoms with Crippen LogP contribution in [0.25, 0.3) is 28.2 Å². The van der Waals surface area contributed by atoms with Crippen molar-refractivity contribution >= 4 is 23.4 Å². The molecular formula is C30H25N5OS. The van der Waals surface area contributed by atoms with Crippen molar-refractivity contribution in [1.29, 1.82) is 0 Å². The Labute approximate surface area is 220 Å². The first-order valence-electron chi connectivity index (χ1n) is 11.9. The molecule has 1 aromatic heterocycles. The van der Waals surface area contributed by atoms with Gasteiger partial charge in [-0.25, -0.2) is 5.43 Å². The summed E-state index contributed by atoms with van der Waals surface area (Å²) in [5.41, 5.74) is 8.53. The van der Waals surface area contributed by atoms with Crippen LogP contribution in [0.5, 0.6) is 0 Å². The third-order valence-electron chi connectivity index (χ3n) is 5.77. The zero-order valence-corrected chi connectivity index (χ0v) is 21.1. The minimum absolute atomic E-state index is 0.156. The lowest BCUT2D eigenvalue weighted by Crippen LogP contribution is -2.21. The van der Waals surface area contributed by atoms with E-state index in [0.717, 1.165) is 39.5 Å². The highest BCUT2D eigenvalue weighted by Gasteiger charge is 2.17. The van der Waals surface area contributed by atoms with Crippen molar-refractivity contribution in [2.24, 2.45) is 5.10 Å². The molecule has 0 unspecified atom stereocenters. The predicted molar refractivity (Wildman–Crippen MR) is 150 cm³/mol. The van der Waals surface area contributed by atoms with Gasteiger partial charge in [0.25, 0.3) is 5.91 Å². The SMILES string of the molecule is C/C(=N\NC(=O)CSc1nnc(-c2ccccc2)n1-c1ccccc1)c1ccc(-c2ccccc2)cc1. The van der Waals surface area contributed by atoms with E-state index in [9.17, 15) is 4.79 Å². The Morgan fingerprint density at radius 2 is 1.32 bits per heavy atom. The van der Waals surface area contributed by atoms with Gasteiger partial charge in [-0.15, -0.1) is 10.2 Å². The molecule has 0 bridgehead atoms. The van der Waals surface area contributed by atoms with E-state index >= 15 is 0 Å². The van der Waals surface area contributed by atoms with Crippen LogP contribution in [-0.2, 0) is 4.79 Å². The van der Waals surface area contributed by atoms with Gasteiger partial charge < -0.3 is 0 Å². The van der Waals surface area contributed by atoms with Crippen LogP contribution >= 0.6 is 11.8 Å². The highest BCUT2D eigenvalue weighted by molar-refractivity contribution is 7.99. The second kappa shape index (κ2) is 11.5. The Bertz CT molecular complexity index is 1500. The van der Waals surface area contributed by atoms with E-state index in [1.54, 1.807) is 0 Å². The maximum atomic E-state index is 12.6. The zero-order valence-electron chi connectivity index (χ0n) is 20.3. The van der Waals surface area contributed by atoms with Crippen molar-refractivity contribution in [2.75, 3.05) is 5.75 Å². The van der Waals surface area contributed by atoms with E-state index < -0.39 is 0 Å². The first-order valence-corrected chi connectivity index (χ1v) is 12.9. The van der Waals surface area contributed by atoms with Gasteiger partial charge in [-0.1, -0.05) is 115 Å². The number of nitrogens with zero attached hydrogens (tertiary/aromatic N) is 4. The molecular weight excluding hydrogens is 478 g/mol. The lowest BCUT2D eigenvalue weighted by molar-refractivity contribution is -0.118. The number of hydrogen-bond donors (Lipinski definition) is 1. The molecule has 182 valence electrons. The van der Waals surface area contributed by atoms with Gasteiger partial charge in [0, 0.05) is 11.3 Å². The fourth-order valence-electron chi connectivity index (χ4n) is 3.86. The first kappa shape index (κ1) is 24.2. The number of thioether (sulfide) groups is 1. The summed E-state index contributed by atoms with van der Waals surface area (Å²) in [7, 11) is 0. The molecule has 0 fully saturated rings. The number of carbonyl (C=O) groups excluding carboxylic acids is 1. The van der Waals surface area contributed by atoms with Gasteiger partial charge in [-0.05, 0) is 35.7 Å². The summed E-state index contributed by atoms with van der Waals surface area (Å²) >= 11 is 1.32. The smallest absolute Gasteiger partial charge is 0.250 e. The summed E-state index contributed by atoms with van der Waals surface area (Å²) < 4.78 is 1.97. The molecule has 6 nitrogen and oxygen atoms in total. The summed E-state index contributed by atoms with van der Waals surface area (Å²) in [4.78, 5) is 12.6. The number of nitrogens with one attached hydrogen (secondary N) is 1. The molecule has 0 aliphatic carbocycles. The Hall–Kier alpha value is -4.49. The number of hydrogen-bond acceptors (Lipinski definition) is 5. The van der Waals surface area contributed by atoms with Crippen LogP contribution in [0.1, 0.15) is 12.5 Å². The van der Waals surface area contributed by atoms with Gasteiger partial charge >= 0.3 is 0 Å². The van der Waals surface area contributed by atoms with Crippen LogP contribution in [0.2, 0.25) is 0 Å². The van der Waals surface area contributed by atoms with Crippen molar-refractivity contribution in [3.8, 4) is 28.2 Å². The quantitative estimate of drug-likeness (QED) is 0.155. The fraction of sp³-hybridized carbons (Fsp3) is 0.0667. The van der Waals surface area contributed by atoms with Crippen LogP contribution < -0.4 is 5.43 Å². The second-order valence-corrected chi connectivity index (χ2v) is 9.25. The molecule has 0 spiro atoms. The van der Waals surface area contributed by atoms with Crippen LogP contribution in [-0.4, -0.2) is 32.1 Å². The Balaban J connectivity index is 1.26.